The molecule has 22 heavy (non-hydrogen) atoms. The molecule has 1 amide bonds. The predicted molar refractivity (Wildman–Crippen MR) is 88.4 cm³/mol. The highest BCUT2D eigenvalue weighted by molar-refractivity contribution is 7.12. The van der Waals surface area contributed by atoms with Crippen LogP contribution >= 0.6 is 11.3 Å². The Morgan fingerprint density at radius 1 is 0.909 bits per heavy atom. The molecule has 0 aliphatic carbocycles. The molecular weight excluding hydrogens is 299 g/mol. The first-order valence-electron chi connectivity index (χ1n) is 6.69. The molecule has 0 aliphatic rings. The summed E-state index contributed by atoms with van der Waals surface area (Å²) >= 11 is 1.39. The summed E-state index contributed by atoms with van der Waals surface area (Å²) < 4.78 is 13.6. The topological polar surface area (TPSA) is 41.1 Å². The van der Waals surface area contributed by atoms with Crippen LogP contribution in [-0.2, 0) is 0 Å². The Morgan fingerprint density at radius 2 is 1.64 bits per heavy atom. The van der Waals surface area contributed by atoms with Crippen molar-refractivity contribution in [3.8, 4) is 0 Å². The number of hydrogen-bond acceptors (Lipinski definition) is 3. The lowest BCUT2D eigenvalue weighted by Gasteiger charge is -2.09. The lowest BCUT2D eigenvalue weighted by Crippen LogP contribution is -2.09. The SMILES string of the molecule is O=C(Nc1ccc(Nc2ccccc2F)cc1)c1cccs1. The van der Waals surface area contributed by atoms with Crippen molar-refractivity contribution < 1.29 is 9.18 Å². The van der Waals surface area contributed by atoms with E-state index >= 15 is 0 Å². The highest BCUT2D eigenvalue weighted by Crippen LogP contribution is 2.21. The number of carbonyl (C=O) groups excluding carboxylic acids is 1. The van der Waals surface area contributed by atoms with E-state index in [9.17, 15) is 9.18 Å². The van der Waals surface area contributed by atoms with Crippen molar-refractivity contribution in [3.63, 3.8) is 0 Å². The Hall–Kier alpha value is -2.66. The van der Waals surface area contributed by atoms with E-state index in [0.29, 0.717) is 16.3 Å². The number of benzene rings is 2. The Labute approximate surface area is 131 Å². The number of para-hydroxylation sites is 1. The minimum atomic E-state index is -0.308. The van der Waals surface area contributed by atoms with Crippen LogP contribution in [0, 0.1) is 5.82 Å². The summed E-state index contributed by atoms with van der Waals surface area (Å²) in [7, 11) is 0. The molecule has 0 saturated heterocycles. The van der Waals surface area contributed by atoms with Crippen LogP contribution in [0.25, 0.3) is 0 Å². The van der Waals surface area contributed by atoms with Crippen molar-refractivity contribution >= 4 is 34.3 Å². The van der Waals surface area contributed by atoms with Crippen LogP contribution in [0.4, 0.5) is 21.5 Å². The Balaban J connectivity index is 1.68. The fourth-order valence-electron chi connectivity index (χ4n) is 1.96. The number of hydrogen-bond donors (Lipinski definition) is 2. The van der Waals surface area contributed by atoms with Crippen LogP contribution in [0.2, 0.25) is 0 Å². The van der Waals surface area contributed by atoms with Crippen molar-refractivity contribution in [1.82, 2.24) is 0 Å². The maximum atomic E-state index is 13.6. The van der Waals surface area contributed by atoms with E-state index < -0.39 is 0 Å². The molecule has 110 valence electrons. The van der Waals surface area contributed by atoms with Gasteiger partial charge in [-0.05, 0) is 47.8 Å². The smallest absolute Gasteiger partial charge is 0.265 e. The van der Waals surface area contributed by atoms with Gasteiger partial charge < -0.3 is 10.6 Å². The van der Waals surface area contributed by atoms with Crippen LogP contribution in [0.1, 0.15) is 9.67 Å². The monoisotopic (exact) mass is 312 g/mol. The van der Waals surface area contributed by atoms with E-state index in [1.807, 2.05) is 11.4 Å². The highest BCUT2D eigenvalue weighted by Gasteiger charge is 2.07. The number of anilines is 3. The summed E-state index contributed by atoms with van der Waals surface area (Å²) in [5, 5.41) is 7.67. The van der Waals surface area contributed by atoms with Gasteiger partial charge in [-0.3, -0.25) is 4.79 Å². The third kappa shape index (κ3) is 3.32. The number of amides is 1. The summed E-state index contributed by atoms with van der Waals surface area (Å²) in [6.45, 7) is 0. The minimum Gasteiger partial charge on any atom is -0.353 e. The van der Waals surface area contributed by atoms with Crippen molar-refractivity contribution in [2.45, 2.75) is 0 Å². The minimum absolute atomic E-state index is 0.134. The summed E-state index contributed by atoms with van der Waals surface area (Å²) in [5.74, 6) is -0.442. The summed E-state index contributed by atoms with van der Waals surface area (Å²) in [6, 6.07) is 17.2. The molecule has 2 aromatic carbocycles. The molecule has 0 atom stereocenters. The van der Waals surface area contributed by atoms with Gasteiger partial charge in [0.25, 0.3) is 5.91 Å². The Bertz CT molecular complexity index is 770. The molecule has 0 radical (unpaired) electrons. The zero-order valence-electron chi connectivity index (χ0n) is 11.5. The van der Waals surface area contributed by atoms with Crippen LogP contribution in [0.5, 0.6) is 0 Å². The molecule has 5 heteroatoms. The molecule has 0 spiro atoms. The molecule has 0 fully saturated rings. The van der Waals surface area contributed by atoms with E-state index in [-0.39, 0.29) is 11.7 Å². The second-order valence-corrected chi connectivity index (χ2v) is 5.56. The van der Waals surface area contributed by atoms with E-state index in [1.165, 1.54) is 17.4 Å². The van der Waals surface area contributed by atoms with Gasteiger partial charge in [0.1, 0.15) is 5.82 Å². The summed E-state index contributed by atoms with van der Waals surface area (Å²) in [5.41, 5.74) is 1.86. The molecule has 3 nitrogen and oxygen atoms in total. The number of nitrogens with one attached hydrogen (secondary N) is 2. The molecule has 0 unspecified atom stereocenters. The maximum Gasteiger partial charge on any atom is 0.265 e. The fraction of sp³-hybridized carbons (Fsp3) is 0. The lowest BCUT2D eigenvalue weighted by atomic mass is 10.2. The van der Waals surface area contributed by atoms with Gasteiger partial charge in [-0.15, -0.1) is 11.3 Å². The second-order valence-electron chi connectivity index (χ2n) is 4.61. The number of rotatable bonds is 4. The van der Waals surface area contributed by atoms with Crippen molar-refractivity contribution in [1.29, 1.82) is 0 Å². The first kappa shape index (κ1) is 14.3. The van der Waals surface area contributed by atoms with E-state index in [0.717, 1.165) is 5.69 Å². The quantitative estimate of drug-likeness (QED) is 0.720. The Morgan fingerprint density at radius 3 is 2.32 bits per heavy atom. The van der Waals surface area contributed by atoms with Gasteiger partial charge in [-0.25, -0.2) is 4.39 Å². The van der Waals surface area contributed by atoms with Crippen LogP contribution in [0.15, 0.2) is 66.0 Å². The summed E-state index contributed by atoms with van der Waals surface area (Å²) in [6.07, 6.45) is 0. The number of halogens is 1. The number of carbonyl (C=O) groups is 1. The van der Waals surface area contributed by atoms with E-state index in [1.54, 1.807) is 48.5 Å². The van der Waals surface area contributed by atoms with Gasteiger partial charge in [-0.2, -0.15) is 0 Å². The zero-order valence-corrected chi connectivity index (χ0v) is 12.4. The highest BCUT2D eigenvalue weighted by atomic mass is 32.1. The second kappa shape index (κ2) is 6.41. The average Bonchev–Trinajstić information content (AvgIpc) is 3.06. The first-order valence-corrected chi connectivity index (χ1v) is 7.57. The standard InChI is InChI=1S/C17H13FN2OS/c18-14-4-1-2-5-15(14)19-12-7-9-13(10-8-12)20-17(21)16-6-3-11-22-16/h1-11,19H,(H,20,21). The van der Waals surface area contributed by atoms with Crippen molar-refractivity contribution in [3.05, 3.63) is 76.7 Å². The zero-order chi connectivity index (χ0) is 15.4. The summed E-state index contributed by atoms with van der Waals surface area (Å²) in [4.78, 5) is 12.6. The van der Waals surface area contributed by atoms with Gasteiger partial charge in [0, 0.05) is 11.4 Å². The third-order valence-corrected chi connectivity index (χ3v) is 3.91. The lowest BCUT2D eigenvalue weighted by molar-refractivity contribution is 0.103. The average molecular weight is 312 g/mol. The molecule has 0 bridgehead atoms. The van der Waals surface area contributed by atoms with Gasteiger partial charge in [0.05, 0.1) is 10.6 Å². The van der Waals surface area contributed by atoms with Crippen molar-refractivity contribution in [2.75, 3.05) is 10.6 Å². The molecule has 0 saturated carbocycles. The van der Waals surface area contributed by atoms with Gasteiger partial charge in [-0.1, -0.05) is 18.2 Å². The largest absolute Gasteiger partial charge is 0.353 e. The van der Waals surface area contributed by atoms with Gasteiger partial charge in [0.2, 0.25) is 0 Å². The predicted octanol–water partition coefficient (Wildman–Crippen LogP) is 4.88. The van der Waals surface area contributed by atoms with Gasteiger partial charge >= 0.3 is 0 Å². The molecule has 3 rings (SSSR count). The molecule has 1 heterocycles. The van der Waals surface area contributed by atoms with Crippen LogP contribution in [-0.4, -0.2) is 5.91 Å². The van der Waals surface area contributed by atoms with E-state index in [2.05, 4.69) is 10.6 Å². The maximum absolute atomic E-state index is 13.6. The normalized spacial score (nSPS) is 10.2. The third-order valence-electron chi connectivity index (χ3n) is 3.04. The molecule has 2 N–H and O–H groups in total. The molecule has 1 aromatic heterocycles. The van der Waals surface area contributed by atoms with Gasteiger partial charge in [0.15, 0.2) is 0 Å². The fourth-order valence-corrected chi connectivity index (χ4v) is 2.57. The van der Waals surface area contributed by atoms with Crippen molar-refractivity contribution in [2.24, 2.45) is 0 Å². The first-order chi connectivity index (χ1) is 10.7. The number of thiophene rings is 1. The Kier molecular flexibility index (Phi) is 4.16. The molecular formula is C17H13FN2OS. The van der Waals surface area contributed by atoms with E-state index in [4.69, 9.17) is 0 Å². The molecule has 0 aliphatic heterocycles. The molecule has 3 aromatic rings. The van der Waals surface area contributed by atoms with Crippen LogP contribution < -0.4 is 10.6 Å². The van der Waals surface area contributed by atoms with Crippen LogP contribution in [0.3, 0.4) is 0 Å².